The second kappa shape index (κ2) is 7.15. The van der Waals surface area contributed by atoms with Crippen molar-refractivity contribution < 1.29 is 23.5 Å². The molecule has 6 heteroatoms. The molecule has 0 bridgehead atoms. The van der Waals surface area contributed by atoms with E-state index in [2.05, 4.69) is 0 Å². The molecule has 1 aromatic heterocycles. The molecule has 5 nitrogen and oxygen atoms in total. The maximum Gasteiger partial charge on any atom is 0.296 e. The third kappa shape index (κ3) is 2.99. The average Bonchev–Trinajstić information content (AvgIpc) is 3.31. The van der Waals surface area contributed by atoms with Gasteiger partial charge in [0.2, 0.25) is 0 Å². The molecule has 2 aromatic carbocycles. The summed E-state index contributed by atoms with van der Waals surface area (Å²) in [6.07, 6.45) is 1.45. The van der Waals surface area contributed by atoms with Gasteiger partial charge in [0.05, 0.1) is 24.4 Å². The van der Waals surface area contributed by atoms with Crippen molar-refractivity contribution in [3.63, 3.8) is 0 Å². The third-order valence-electron chi connectivity index (χ3n) is 4.69. The van der Waals surface area contributed by atoms with E-state index in [1.165, 1.54) is 29.4 Å². The van der Waals surface area contributed by atoms with Crippen molar-refractivity contribution in [3.05, 3.63) is 101 Å². The second-order valence-corrected chi connectivity index (χ2v) is 6.39. The van der Waals surface area contributed by atoms with Crippen LogP contribution in [0.1, 0.15) is 22.9 Å². The Morgan fingerprint density at radius 3 is 2.39 bits per heavy atom. The number of aliphatic hydroxyl groups is 1. The quantitative estimate of drug-likeness (QED) is 0.423. The molecule has 1 saturated heterocycles. The second-order valence-electron chi connectivity index (χ2n) is 6.39. The number of benzene rings is 2. The van der Waals surface area contributed by atoms with E-state index in [4.69, 9.17) is 4.42 Å². The summed E-state index contributed by atoms with van der Waals surface area (Å²) >= 11 is 0. The summed E-state index contributed by atoms with van der Waals surface area (Å²) in [5.74, 6) is -2.14. The Hall–Kier alpha value is -3.67. The molecule has 1 aliphatic rings. The maximum absolute atomic E-state index is 14.6. The van der Waals surface area contributed by atoms with Gasteiger partial charge in [-0.05, 0) is 18.2 Å². The number of likely N-dealkylation sites (tertiary alicyclic amines) is 1. The van der Waals surface area contributed by atoms with Gasteiger partial charge in [-0.3, -0.25) is 9.59 Å². The lowest BCUT2D eigenvalue weighted by atomic mass is 9.95. The number of ketones is 1. The standard InChI is InChI=1S/C22H16FNO4/c23-17-11-5-4-10-16(17)19-18(20(25)14-7-2-1-3-8-14)21(26)22(27)24(19)13-15-9-6-12-28-15/h1-12,19,25H,13H2/b20-18-. The van der Waals surface area contributed by atoms with Crippen molar-refractivity contribution in [1.29, 1.82) is 0 Å². The van der Waals surface area contributed by atoms with Gasteiger partial charge in [-0.15, -0.1) is 0 Å². The Morgan fingerprint density at radius 2 is 1.71 bits per heavy atom. The SMILES string of the molecule is O=C1C(=O)N(Cc2ccco2)C(c2ccccc2F)/C1=C(/O)c1ccccc1. The number of rotatable bonds is 4. The Balaban J connectivity index is 1.90. The van der Waals surface area contributed by atoms with E-state index in [0.717, 1.165) is 0 Å². The lowest BCUT2D eigenvalue weighted by Gasteiger charge is -2.24. The first kappa shape index (κ1) is 17.7. The maximum atomic E-state index is 14.6. The monoisotopic (exact) mass is 377 g/mol. The average molecular weight is 377 g/mol. The highest BCUT2D eigenvalue weighted by Gasteiger charge is 2.47. The molecule has 1 aliphatic heterocycles. The fraction of sp³-hybridized carbons (Fsp3) is 0.0909. The molecule has 1 amide bonds. The Morgan fingerprint density at radius 1 is 1.00 bits per heavy atom. The van der Waals surface area contributed by atoms with Crippen LogP contribution in [0, 0.1) is 5.82 Å². The fourth-order valence-corrected chi connectivity index (χ4v) is 3.39. The van der Waals surface area contributed by atoms with E-state index in [0.29, 0.717) is 11.3 Å². The van der Waals surface area contributed by atoms with Crippen molar-refractivity contribution in [3.8, 4) is 0 Å². The van der Waals surface area contributed by atoms with Crippen LogP contribution in [0.4, 0.5) is 4.39 Å². The predicted octanol–water partition coefficient (Wildman–Crippen LogP) is 4.04. The molecular weight excluding hydrogens is 361 g/mol. The zero-order valence-corrected chi connectivity index (χ0v) is 14.7. The number of furan rings is 1. The molecule has 1 unspecified atom stereocenters. The van der Waals surface area contributed by atoms with Gasteiger partial charge in [-0.25, -0.2) is 4.39 Å². The van der Waals surface area contributed by atoms with Crippen molar-refractivity contribution in [2.24, 2.45) is 0 Å². The largest absolute Gasteiger partial charge is 0.507 e. The van der Waals surface area contributed by atoms with Gasteiger partial charge in [-0.1, -0.05) is 48.5 Å². The molecule has 28 heavy (non-hydrogen) atoms. The summed E-state index contributed by atoms with van der Waals surface area (Å²) in [6, 6.07) is 16.6. The molecule has 0 radical (unpaired) electrons. The minimum atomic E-state index is -1.06. The Labute approximate surface area is 160 Å². The van der Waals surface area contributed by atoms with E-state index in [9.17, 15) is 19.1 Å². The van der Waals surface area contributed by atoms with Crippen molar-refractivity contribution >= 4 is 17.4 Å². The molecule has 3 aromatic rings. The minimum Gasteiger partial charge on any atom is -0.507 e. The van der Waals surface area contributed by atoms with Crippen LogP contribution in [0.25, 0.3) is 5.76 Å². The van der Waals surface area contributed by atoms with Gasteiger partial charge in [0, 0.05) is 11.1 Å². The summed E-state index contributed by atoms with van der Waals surface area (Å²) in [6.45, 7) is -0.0257. The number of nitrogens with zero attached hydrogens (tertiary/aromatic N) is 1. The highest BCUT2D eigenvalue weighted by molar-refractivity contribution is 6.46. The lowest BCUT2D eigenvalue weighted by Crippen LogP contribution is -2.29. The number of halogens is 1. The predicted molar refractivity (Wildman–Crippen MR) is 99.4 cm³/mol. The van der Waals surface area contributed by atoms with Crippen molar-refractivity contribution in [1.82, 2.24) is 4.90 Å². The molecule has 4 rings (SSSR count). The van der Waals surface area contributed by atoms with Crippen LogP contribution >= 0.6 is 0 Å². The number of aliphatic hydroxyl groups excluding tert-OH is 1. The smallest absolute Gasteiger partial charge is 0.296 e. The molecule has 140 valence electrons. The van der Waals surface area contributed by atoms with Crippen molar-refractivity contribution in [2.45, 2.75) is 12.6 Å². The summed E-state index contributed by atoms with van der Waals surface area (Å²) in [7, 11) is 0. The highest BCUT2D eigenvalue weighted by Crippen LogP contribution is 2.41. The Kier molecular flexibility index (Phi) is 4.53. The van der Waals surface area contributed by atoms with E-state index < -0.39 is 23.5 Å². The van der Waals surface area contributed by atoms with E-state index in [1.807, 2.05) is 0 Å². The zero-order valence-electron chi connectivity index (χ0n) is 14.7. The zero-order chi connectivity index (χ0) is 19.7. The molecule has 0 aliphatic carbocycles. The number of carbonyl (C=O) groups is 2. The van der Waals surface area contributed by atoms with Gasteiger partial charge < -0.3 is 14.4 Å². The number of Topliss-reactive ketones (excluding diaryl/α,β-unsaturated/α-hetero) is 1. The van der Waals surface area contributed by atoms with Gasteiger partial charge in [0.25, 0.3) is 11.7 Å². The van der Waals surface area contributed by atoms with Gasteiger partial charge >= 0.3 is 0 Å². The van der Waals surface area contributed by atoms with Gasteiger partial charge in [0.1, 0.15) is 17.3 Å². The third-order valence-corrected chi connectivity index (χ3v) is 4.69. The summed E-state index contributed by atoms with van der Waals surface area (Å²) in [5.41, 5.74) is 0.360. The van der Waals surface area contributed by atoms with Crippen LogP contribution < -0.4 is 0 Å². The van der Waals surface area contributed by atoms with Crippen LogP contribution in [-0.2, 0) is 16.1 Å². The summed E-state index contributed by atoms with van der Waals surface area (Å²) in [4.78, 5) is 26.7. The molecular formula is C22H16FNO4. The lowest BCUT2D eigenvalue weighted by molar-refractivity contribution is -0.140. The minimum absolute atomic E-state index is 0.0257. The number of hydrogen-bond donors (Lipinski definition) is 1. The first-order valence-electron chi connectivity index (χ1n) is 8.68. The van der Waals surface area contributed by atoms with Gasteiger partial charge in [-0.2, -0.15) is 0 Å². The molecule has 0 saturated carbocycles. The molecule has 2 heterocycles. The highest BCUT2D eigenvalue weighted by atomic mass is 19.1. The first-order chi connectivity index (χ1) is 13.6. The van der Waals surface area contributed by atoms with Crippen LogP contribution in [0.5, 0.6) is 0 Å². The molecule has 0 spiro atoms. The van der Waals surface area contributed by atoms with Crippen LogP contribution in [0.15, 0.2) is 83.0 Å². The van der Waals surface area contributed by atoms with E-state index in [-0.39, 0.29) is 23.4 Å². The van der Waals surface area contributed by atoms with Gasteiger partial charge in [0.15, 0.2) is 0 Å². The number of amides is 1. The van der Waals surface area contributed by atoms with Crippen LogP contribution in [0.3, 0.4) is 0 Å². The van der Waals surface area contributed by atoms with Crippen LogP contribution in [-0.4, -0.2) is 21.7 Å². The molecule has 1 fully saturated rings. The molecule has 1 atom stereocenters. The normalized spacial score (nSPS) is 18.6. The van der Waals surface area contributed by atoms with Crippen molar-refractivity contribution in [2.75, 3.05) is 0 Å². The Bertz CT molecular complexity index is 1060. The summed E-state index contributed by atoms with van der Waals surface area (Å²) < 4.78 is 19.9. The summed E-state index contributed by atoms with van der Waals surface area (Å²) in [5, 5.41) is 10.8. The van der Waals surface area contributed by atoms with E-state index >= 15 is 0 Å². The first-order valence-corrected chi connectivity index (χ1v) is 8.68. The number of carbonyl (C=O) groups excluding carboxylic acids is 2. The van der Waals surface area contributed by atoms with Crippen LogP contribution in [0.2, 0.25) is 0 Å². The fourth-order valence-electron chi connectivity index (χ4n) is 3.39. The van der Waals surface area contributed by atoms with E-state index in [1.54, 1.807) is 48.5 Å². The molecule has 1 N–H and O–H groups in total. The number of hydrogen-bond acceptors (Lipinski definition) is 4. The topological polar surface area (TPSA) is 70.8 Å².